The Balaban J connectivity index is 2.23. The molecule has 2 aromatic rings. The molecule has 0 fully saturated rings. The van der Waals surface area contributed by atoms with Crippen LogP contribution in [-0.2, 0) is 5.41 Å². The highest BCUT2D eigenvalue weighted by atomic mass is 16.3. The molecule has 1 aromatic heterocycles. The van der Waals surface area contributed by atoms with Crippen LogP contribution in [0.5, 0.6) is 5.75 Å². The second-order valence-electron chi connectivity index (χ2n) is 5.64. The predicted molar refractivity (Wildman–Crippen MR) is 75.9 cm³/mol. The fourth-order valence-electron chi connectivity index (χ4n) is 1.64. The Bertz CT molecular complexity index is 611. The Morgan fingerprint density at radius 2 is 1.85 bits per heavy atom. The molecule has 0 bridgehead atoms. The van der Waals surface area contributed by atoms with Gasteiger partial charge in [-0.15, -0.1) is 5.10 Å². The largest absolute Gasteiger partial charge is 0.508 e. The van der Waals surface area contributed by atoms with Crippen LogP contribution < -0.4 is 4.90 Å². The summed E-state index contributed by atoms with van der Waals surface area (Å²) >= 11 is 0. The average Bonchev–Trinajstić information content (AvgIpc) is 2.87. The van der Waals surface area contributed by atoms with E-state index in [1.54, 1.807) is 19.2 Å². The molecule has 1 heterocycles. The molecule has 2 N–H and O–H groups in total. The minimum Gasteiger partial charge on any atom is -0.508 e. The Morgan fingerprint density at radius 1 is 1.25 bits per heavy atom. The monoisotopic (exact) mass is 274 g/mol. The van der Waals surface area contributed by atoms with Gasteiger partial charge in [0.2, 0.25) is 5.82 Å². The van der Waals surface area contributed by atoms with Gasteiger partial charge in [0, 0.05) is 18.2 Å². The quantitative estimate of drug-likeness (QED) is 0.878. The summed E-state index contributed by atoms with van der Waals surface area (Å²) in [5, 5.41) is 16.0. The van der Waals surface area contributed by atoms with E-state index in [0.717, 1.165) is 0 Å². The molecule has 0 radical (unpaired) electrons. The smallest absolute Gasteiger partial charge is 0.297 e. The molecule has 0 aliphatic carbocycles. The first-order valence-corrected chi connectivity index (χ1v) is 6.29. The lowest BCUT2D eigenvalue weighted by atomic mass is 9.96. The summed E-state index contributed by atoms with van der Waals surface area (Å²) in [5.74, 6) is 0.649. The lowest BCUT2D eigenvalue weighted by Crippen LogP contribution is -2.27. The zero-order valence-corrected chi connectivity index (χ0v) is 12.0. The van der Waals surface area contributed by atoms with Crippen LogP contribution in [0.25, 0.3) is 0 Å². The second-order valence-corrected chi connectivity index (χ2v) is 5.64. The number of aromatic nitrogens is 3. The molecular weight excluding hydrogens is 256 g/mol. The third-order valence-corrected chi connectivity index (χ3v) is 2.93. The van der Waals surface area contributed by atoms with Crippen LogP contribution in [0, 0.1) is 0 Å². The first-order valence-electron chi connectivity index (χ1n) is 6.29. The molecule has 0 saturated heterocycles. The maximum absolute atomic E-state index is 12.3. The molecular formula is C14H18N4O2. The van der Waals surface area contributed by atoms with Crippen LogP contribution in [-0.4, -0.2) is 33.2 Å². The van der Waals surface area contributed by atoms with Gasteiger partial charge in [0.1, 0.15) is 11.6 Å². The highest BCUT2D eigenvalue weighted by Gasteiger charge is 2.23. The molecule has 6 heteroatoms. The third kappa shape index (κ3) is 2.79. The molecule has 20 heavy (non-hydrogen) atoms. The Labute approximate surface area is 117 Å². The van der Waals surface area contributed by atoms with E-state index in [-0.39, 0.29) is 22.9 Å². The van der Waals surface area contributed by atoms with Gasteiger partial charge in [-0.25, -0.2) is 4.98 Å². The molecule has 2 rings (SSSR count). The SMILES string of the molecule is CN(C(=O)c1n[nH]c(C(C)(C)C)n1)c1ccc(O)cc1. The first-order chi connectivity index (χ1) is 9.29. The fraction of sp³-hybridized carbons (Fsp3) is 0.357. The number of rotatable bonds is 2. The van der Waals surface area contributed by atoms with Crippen molar-refractivity contribution in [1.29, 1.82) is 0 Å². The standard InChI is InChI=1S/C14H18N4O2/c1-14(2,3)13-15-11(16-17-13)12(20)18(4)9-5-7-10(19)8-6-9/h5-8,19H,1-4H3,(H,15,16,17). The van der Waals surface area contributed by atoms with Crippen molar-refractivity contribution in [3.8, 4) is 5.75 Å². The third-order valence-electron chi connectivity index (χ3n) is 2.93. The van der Waals surface area contributed by atoms with Crippen LogP contribution in [0.4, 0.5) is 5.69 Å². The summed E-state index contributed by atoms with van der Waals surface area (Å²) in [6.07, 6.45) is 0. The summed E-state index contributed by atoms with van der Waals surface area (Å²) in [5.41, 5.74) is 0.470. The van der Waals surface area contributed by atoms with Crippen LogP contribution >= 0.6 is 0 Å². The molecule has 0 aliphatic heterocycles. The summed E-state index contributed by atoms with van der Waals surface area (Å²) in [4.78, 5) is 18.0. The van der Waals surface area contributed by atoms with Crippen LogP contribution in [0.15, 0.2) is 24.3 Å². The number of carbonyl (C=O) groups excluding carboxylic acids is 1. The van der Waals surface area contributed by atoms with Gasteiger partial charge in [-0.05, 0) is 24.3 Å². The van der Waals surface area contributed by atoms with E-state index >= 15 is 0 Å². The van der Waals surface area contributed by atoms with Gasteiger partial charge in [-0.3, -0.25) is 9.89 Å². The average molecular weight is 274 g/mol. The zero-order chi connectivity index (χ0) is 14.9. The molecule has 1 aromatic carbocycles. The molecule has 6 nitrogen and oxygen atoms in total. The number of hydrogen-bond acceptors (Lipinski definition) is 4. The van der Waals surface area contributed by atoms with E-state index < -0.39 is 0 Å². The molecule has 0 atom stereocenters. The summed E-state index contributed by atoms with van der Waals surface area (Å²) in [6, 6.07) is 6.37. The summed E-state index contributed by atoms with van der Waals surface area (Å²) < 4.78 is 0. The number of aromatic hydroxyl groups is 1. The number of amides is 1. The van der Waals surface area contributed by atoms with Gasteiger partial charge in [0.15, 0.2) is 0 Å². The number of H-pyrrole nitrogens is 1. The minimum absolute atomic E-state index is 0.130. The van der Waals surface area contributed by atoms with Gasteiger partial charge in [0.05, 0.1) is 0 Å². The van der Waals surface area contributed by atoms with Gasteiger partial charge in [0.25, 0.3) is 5.91 Å². The second kappa shape index (κ2) is 4.96. The minimum atomic E-state index is -0.303. The Kier molecular flexibility index (Phi) is 3.48. The van der Waals surface area contributed by atoms with E-state index in [1.165, 1.54) is 17.0 Å². The number of carbonyl (C=O) groups is 1. The van der Waals surface area contributed by atoms with Crippen molar-refractivity contribution in [2.24, 2.45) is 0 Å². The highest BCUT2D eigenvalue weighted by Crippen LogP contribution is 2.20. The topological polar surface area (TPSA) is 82.1 Å². The molecule has 1 amide bonds. The molecule has 0 saturated carbocycles. The lowest BCUT2D eigenvalue weighted by Gasteiger charge is -2.15. The van der Waals surface area contributed by atoms with Crippen molar-refractivity contribution in [2.45, 2.75) is 26.2 Å². The van der Waals surface area contributed by atoms with Gasteiger partial charge < -0.3 is 10.0 Å². The van der Waals surface area contributed by atoms with Crippen molar-refractivity contribution < 1.29 is 9.90 Å². The van der Waals surface area contributed by atoms with Gasteiger partial charge in [-0.1, -0.05) is 20.8 Å². The number of aromatic amines is 1. The van der Waals surface area contributed by atoms with E-state index in [9.17, 15) is 9.90 Å². The number of anilines is 1. The highest BCUT2D eigenvalue weighted by molar-refractivity contribution is 6.03. The van der Waals surface area contributed by atoms with Crippen molar-refractivity contribution >= 4 is 11.6 Å². The van der Waals surface area contributed by atoms with E-state index in [4.69, 9.17) is 0 Å². The first kappa shape index (κ1) is 14.0. The van der Waals surface area contributed by atoms with Crippen LogP contribution in [0.2, 0.25) is 0 Å². The zero-order valence-electron chi connectivity index (χ0n) is 12.0. The number of nitrogens with zero attached hydrogens (tertiary/aromatic N) is 3. The normalized spacial score (nSPS) is 11.4. The van der Waals surface area contributed by atoms with Crippen molar-refractivity contribution in [1.82, 2.24) is 15.2 Å². The molecule has 0 aliphatic rings. The number of hydrogen-bond donors (Lipinski definition) is 2. The summed E-state index contributed by atoms with van der Waals surface area (Å²) in [6.45, 7) is 5.97. The van der Waals surface area contributed by atoms with Crippen molar-refractivity contribution in [3.05, 3.63) is 35.9 Å². The number of phenols is 1. The van der Waals surface area contributed by atoms with E-state index in [0.29, 0.717) is 11.5 Å². The van der Waals surface area contributed by atoms with Crippen LogP contribution in [0.3, 0.4) is 0 Å². The maximum Gasteiger partial charge on any atom is 0.297 e. The Hall–Kier alpha value is -2.37. The maximum atomic E-state index is 12.3. The molecule has 0 unspecified atom stereocenters. The van der Waals surface area contributed by atoms with E-state index in [1.807, 2.05) is 20.8 Å². The van der Waals surface area contributed by atoms with Gasteiger partial charge >= 0.3 is 0 Å². The predicted octanol–water partition coefficient (Wildman–Crippen LogP) is 2.08. The number of nitrogens with one attached hydrogen (secondary N) is 1. The fourth-order valence-corrected chi connectivity index (χ4v) is 1.64. The van der Waals surface area contributed by atoms with Crippen molar-refractivity contribution in [2.75, 3.05) is 11.9 Å². The van der Waals surface area contributed by atoms with E-state index in [2.05, 4.69) is 15.2 Å². The molecule has 0 spiro atoms. The van der Waals surface area contributed by atoms with Crippen molar-refractivity contribution in [3.63, 3.8) is 0 Å². The number of benzene rings is 1. The van der Waals surface area contributed by atoms with Gasteiger partial charge in [-0.2, -0.15) is 0 Å². The number of phenolic OH excluding ortho intramolecular Hbond substituents is 1. The van der Waals surface area contributed by atoms with Crippen LogP contribution in [0.1, 0.15) is 37.2 Å². The Morgan fingerprint density at radius 3 is 2.35 bits per heavy atom. The molecule has 106 valence electrons. The summed E-state index contributed by atoms with van der Waals surface area (Å²) in [7, 11) is 1.64. The lowest BCUT2D eigenvalue weighted by molar-refractivity contribution is 0.0983.